The van der Waals surface area contributed by atoms with Crippen LogP contribution in [0, 0.1) is 12.3 Å². The SMILES string of the molecule is Cc1nc2ccccn2c1CNCC(C)(C)CN(C)C. The van der Waals surface area contributed by atoms with Crippen molar-refractivity contribution in [1.82, 2.24) is 19.6 Å². The summed E-state index contributed by atoms with van der Waals surface area (Å²) in [6.45, 7) is 9.59. The molecular weight excluding hydrogens is 248 g/mol. The molecule has 0 atom stereocenters. The zero-order valence-corrected chi connectivity index (χ0v) is 13.3. The largest absolute Gasteiger partial charge is 0.311 e. The maximum Gasteiger partial charge on any atom is 0.137 e. The van der Waals surface area contributed by atoms with Crippen molar-refractivity contribution in [2.45, 2.75) is 27.3 Å². The van der Waals surface area contributed by atoms with Gasteiger partial charge in [-0.3, -0.25) is 0 Å². The molecule has 0 aliphatic heterocycles. The zero-order chi connectivity index (χ0) is 14.8. The van der Waals surface area contributed by atoms with E-state index in [1.54, 1.807) is 0 Å². The van der Waals surface area contributed by atoms with Crippen LogP contribution in [0.2, 0.25) is 0 Å². The predicted molar refractivity (Wildman–Crippen MR) is 84.0 cm³/mol. The van der Waals surface area contributed by atoms with Gasteiger partial charge in [0.15, 0.2) is 0 Å². The van der Waals surface area contributed by atoms with E-state index in [4.69, 9.17) is 0 Å². The van der Waals surface area contributed by atoms with E-state index in [1.807, 2.05) is 18.2 Å². The van der Waals surface area contributed by atoms with Crippen LogP contribution < -0.4 is 5.32 Å². The molecule has 2 aromatic rings. The number of rotatable bonds is 6. The third kappa shape index (κ3) is 3.58. The number of pyridine rings is 1. The molecule has 0 saturated carbocycles. The number of hydrogen-bond donors (Lipinski definition) is 1. The van der Waals surface area contributed by atoms with Crippen molar-refractivity contribution in [2.24, 2.45) is 5.41 Å². The van der Waals surface area contributed by atoms with Gasteiger partial charge in [-0.05, 0) is 38.6 Å². The molecule has 0 aliphatic rings. The first-order chi connectivity index (χ1) is 9.39. The maximum atomic E-state index is 4.59. The molecule has 0 aromatic carbocycles. The number of aryl methyl sites for hydroxylation is 1. The Morgan fingerprint density at radius 1 is 1.30 bits per heavy atom. The van der Waals surface area contributed by atoms with E-state index in [-0.39, 0.29) is 5.41 Å². The van der Waals surface area contributed by atoms with Crippen molar-refractivity contribution in [1.29, 1.82) is 0 Å². The molecule has 0 fully saturated rings. The van der Waals surface area contributed by atoms with Gasteiger partial charge in [-0.15, -0.1) is 0 Å². The lowest BCUT2D eigenvalue weighted by Crippen LogP contribution is -2.37. The lowest BCUT2D eigenvalue weighted by Gasteiger charge is -2.28. The van der Waals surface area contributed by atoms with E-state index < -0.39 is 0 Å². The molecule has 0 bridgehead atoms. The Bertz CT molecular complexity index is 569. The average Bonchev–Trinajstić information content (AvgIpc) is 2.64. The van der Waals surface area contributed by atoms with Crippen molar-refractivity contribution >= 4 is 5.65 Å². The van der Waals surface area contributed by atoms with Gasteiger partial charge in [-0.2, -0.15) is 0 Å². The molecule has 2 rings (SSSR count). The fourth-order valence-corrected chi connectivity index (χ4v) is 2.81. The molecule has 0 amide bonds. The van der Waals surface area contributed by atoms with Gasteiger partial charge in [0.25, 0.3) is 0 Å². The minimum Gasteiger partial charge on any atom is -0.311 e. The highest BCUT2D eigenvalue weighted by molar-refractivity contribution is 5.42. The quantitative estimate of drug-likeness (QED) is 0.877. The molecule has 0 radical (unpaired) electrons. The molecule has 0 unspecified atom stereocenters. The van der Waals surface area contributed by atoms with E-state index in [0.29, 0.717) is 0 Å². The lowest BCUT2D eigenvalue weighted by molar-refractivity contribution is 0.232. The Labute approximate surface area is 121 Å². The van der Waals surface area contributed by atoms with Crippen LogP contribution in [0.4, 0.5) is 0 Å². The van der Waals surface area contributed by atoms with Crippen molar-refractivity contribution in [3.63, 3.8) is 0 Å². The van der Waals surface area contributed by atoms with Gasteiger partial charge < -0.3 is 14.6 Å². The molecule has 4 nitrogen and oxygen atoms in total. The Morgan fingerprint density at radius 3 is 2.75 bits per heavy atom. The van der Waals surface area contributed by atoms with Gasteiger partial charge >= 0.3 is 0 Å². The molecule has 0 aliphatic carbocycles. The molecule has 2 aromatic heterocycles. The molecule has 20 heavy (non-hydrogen) atoms. The normalized spacial score (nSPS) is 12.5. The van der Waals surface area contributed by atoms with Crippen LogP contribution in [-0.4, -0.2) is 41.5 Å². The van der Waals surface area contributed by atoms with E-state index in [9.17, 15) is 0 Å². The minimum atomic E-state index is 0.262. The summed E-state index contributed by atoms with van der Waals surface area (Å²) in [4.78, 5) is 6.83. The van der Waals surface area contributed by atoms with Crippen LogP contribution in [0.15, 0.2) is 24.4 Å². The standard InChI is InChI=1S/C16H26N4/c1-13-14(20-9-7-6-8-15(20)18-13)10-17-11-16(2,3)12-19(4)5/h6-9,17H,10-12H2,1-5H3. The van der Waals surface area contributed by atoms with Crippen LogP contribution in [0.3, 0.4) is 0 Å². The number of hydrogen-bond acceptors (Lipinski definition) is 3. The summed E-state index contributed by atoms with van der Waals surface area (Å²) in [5.41, 5.74) is 3.64. The van der Waals surface area contributed by atoms with Crippen LogP contribution in [0.25, 0.3) is 5.65 Å². The van der Waals surface area contributed by atoms with Gasteiger partial charge in [-0.25, -0.2) is 4.98 Å². The topological polar surface area (TPSA) is 32.6 Å². The molecule has 0 saturated heterocycles. The molecule has 110 valence electrons. The molecular formula is C16H26N4. The Kier molecular flexibility index (Phi) is 4.45. The first-order valence-electron chi connectivity index (χ1n) is 7.17. The van der Waals surface area contributed by atoms with Gasteiger partial charge in [0, 0.05) is 25.8 Å². The lowest BCUT2D eigenvalue weighted by atomic mass is 9.93. The van der Waals surface area contributed by atoms with E-state index >= 15 is 0 Å². The Hall–Kier alpha value is -1.39. The smallest absolute Gasteiger partial charge is 0.137 e. The summed E-state index contributed by atoms with van der Waals surface area (Å²) in [6.07, 6.45) is 2.08. The van der Waals surface area contributed by atoms with Crippen LogP contribution in [-0.2, 0) is 6.54 Å². The van der Waals surface area contributed by atoms with Gasteiger partial charge in [0.1, 0.15) is 5.65 Å². The summed E-state index contributed by atoms with van der Waals surface area (Å²) < 4.78 is 2.17. The Balaban J connectivity index is 2.01. The fraction of sp³-hybridized carbons (Fsp3) is 0.562. The number of nitrogens with zero attached hydrogens (tertiary/aromatic N) is 3. The highest BCUT2D eigenvalue weighted by Crippen LogP contribution is 2.16. The highest BCUT2D eigenvalue weighted by atomic mass is 15.1. The molecule has 1 N–H and O–H groups in total. The number of fused-ring (bicyclic) bond motifs is 1. The van der Waals surface area contributed by atoms with E-state index in [2.05, 4.69) is 60.7 Å². The number of nitrogens with one attached hydrogen (secondary N) is 1. The zero-order valence-electron chi connectivity index (χ0n) is 13.3. The summed E-state index contributed by atoms with van der Waals surface area (Å²) >= 11 is 0. The first kappa shape index (κ1) is 15.0. The minimum absolute atomic E-state index is 0.262. The van der Waals surface area contributed by atoms with E-state index in [0.717, 1.165) is 31.0 Å². The van der Waals surface area contributed by atoms with Crippen LogP contribution in [0.5, 0.6) is 0 Å². The highest BCUT2D eigenvalue weighted by Gasteiger charge is 2.18. The van der Waals surface area contributed by atoms with Crippen molar-refractivity contribution < 1.29 is 0 Å². The maximum absolute atomic E-state index is 4.59. The fourth-order valence-electron chi connectivity index (χ4n) is 2.81. The van der Waals surface area contributed by atoms with Gasteiger partial charge in [0.2, 0.25) is 0 Å². The van der Waals surface area contributed by atoms with E-state index in [1.165, 1.54) is 5.69 Å². The third-order valence-corrected chi connectivity index (χ3v) is 3.47. The number of aromatic nitrogens is 2. The molecule has 0 spiro atoms. The van der Waals surface area contributed by atoms with Gasteiger partial charge in [0.05, 0.1) is 11.4 Å². The summed E-state index contributed by atoms with van der Waals surface area (Å²) in [6, 6.07) is 6.12. The second-order valence-electron chi connectivity index (χ2n) is 6.58. The Morgan fingerprint density at radius 2 is 2.05 bits per heavy atom. The first-order valence-corrected chi connectivity index (χ1v) is 7.17. The summed E-state index contributed by atoms with van der Waals surface area (Å²) in [5.74, 6) is 0. The predicted octanol–water partition coefficient (Wildman–Crippen LogP) is 2.32. The van der Waals surface area contributed by atoms with Crippen molar-refractivity contribution in [3.05, 3.63) is 35.8 Å². The van der Waals surface area contributed by atoms with Crippen LogP contribution in [0.1, 0.15) is 25.2 Å². The number of imidazole rings is 1. The molecule has 2 heterocycles. The average molecular weight is 274 g/mol. The van der Waals surface area contributed by atoms with Gasteiger partial charge in [-0.1, -0.05) is 19.9 Å². The second-order valence-corrected chi connectivity index (χ2v) is 6.58. The summed E-state index contributed by atoms with van der Waals surface area (Å²) in [7, 11) is 4.24. The van der Waals surface area contributed by atoms with Crippen LogP contribution >= 0.6 is 0 Å². The van der Waals surface area contributed by atoms with Crippen molar-refractivity contribution in [3.8, 4) is 0 Å². The monoisotopic (exact) mass is 274 g/mol. The van der Waals surface area contributed by atoms with Crippen molar-refractivity contribution in [2.75, 3.05) is 27.2 Å². The summed E-state index contributed by atoms with van der Waals surface area (Å²) in [5, 5.41) is 3.58. The molecule has 4 heteroatoms. The third-order valence-electron chi connectivity index (χ3n) is 3.47. The second kappa shape index (κ2) is 5.94.